The fourth-order valence-electron chi connectivity index (χ4n) is 4.13. The highest BCUT2D eigenvalue weighted by molar-refractivity contribution is 5.65. The van der Waals surface area contributed by atoms with Gasteiger partial charge in [0.05, 0.1) is 6.26 Å². The van der Waals surface area contributed by atoms with E-state index in [9.17, 15) is 35.1 Å². The molecular weight excluding hydrogens is 508 g/mol. The van der Waals surface area contributed by atoms with Crippen LogP contribution < -0.4 is 4.74 Å². The quantitative estimate of drug-likeness (QED) is 0.225. The van der Waals surface area contributed by atoms with Crippen molar-refractivity contribution in [2.75, 3.05) is 0 Å². The van der Waals surface area contributed by atoms with E-state index in [1.165, 1.54) is 12.1 Å². The van der Waals surface area contributed by atoms with Crippen molar-refractivity contribution >= 4 is 0 Å². The molecular formula is C27H20F8O2. The van der Waals surface area contributed by atoms with Gasteiger partial charge in [-0.25, -0.2) is 26.3 Å². The van der Waals surface area contributed by atoms with Crippen LogP contribution in [0.2, 0.25) is 0 Å². The largest absolute Gasteiger partial charge is 0.493 e. The molecule has 0 aromatic heterocycles. The molecule has 3 aromatic carbocycles. The normalized spacial score (nSPS) is 15.8. The van der Waals surface area contributed by atoms with Crippen molar-refractivity contribution in [2.24, 2.45) is 0 Å². The molecule has 3 aromatic rings. The van der Waals surface area contributed by atoms with Gasteiger partial charge in [-0.05, 0) is 54.2 Å². The van der Waals surface area contributed by atoms with Crippen LogP contribution >= 0.6 is 0 Å². The van der Waals surface area contributed by atoms with Crippen LogP contribution in [0.15, 0.2) is 54.3 Å². The molecule has 1 aliphatic rings. The molecule has 1 unspecified atom stereocenters. The van der Waals surface area contributed by atoms with E-state index in [0.29, 0.717) is 24.1 Å². The lowest BCUT2D eigenvalue weighted by Gasteiger charge is -2.24. The summed E-state index contributed by atoms with van der Waals surface area (Å²) >= 11 is 0. The van der Waals surface area contributed by atoms with Crippen molar-refractivity contribution in [3.05, 3.63) is 100 Å². The van der Waals surface area contributed by atoms with Gasteiger partial charge < -0.3 is 9.47 Å². The molecule has 0 N–H and O–H groups in total. The molecule has 0 radical (unpaired) electrons. The van der Waals surface area contributed by atoms with E-state index < -0.39 is 58.4 Å². The fraction of sp³-hybridized carbons (Fsp3) is 0.259. The number of rotatable bonds is 7. The predicted molar refractivity (Wildman–Crippen MR) is 119 cm³/mol. The lowest BCUT2D eigenvalue weighted by atomic mass is 9.95. The Morgan fingerprint density at radius 1 is 0.865 bits per heavy atom. The molecule has 37 heavy (non-hydrogen) atoms. The van der Waals surface area contributed by atoms with Gasteiger partial charge in [-0.2, -0.15) is 8.78 Å². The van der Waals surface area contributed by atoms with Crippen LogP contribution in [0.5, 0.6) is 5.75 Å². The second-order valence-electron chi connectivity index (χ2n) is 8.56. The Hall–Kier alpha value is -3.56. The second-order valence-corrected chi connectivity index (χ2v) is 8.56. The van der Waals surface area contributed by atoms with E-state index in [4.69, 9.17) is 4.74 Å². The van der Waals surface area contributed by atoms with Gasteiger partial charge in [-0.15, -0.1) is 0 Å². The first-order valence-electron chi connectivity index (χ1n) is 11.3. The number of alkyl halides is 2. The molecule has 2 nitrogen and oxygen atoms in total. The number of hydrogen-bond donors (Lipinski definition) is 0. The smallest absolute Gasteiger partial charge is 0.432 e. The van der Waals surface area contributed by atoms with Gasteiger partial charge in [0.15, 0.2) is 17.5 Å². The average molecular weight is 528 g/mol. The monoisotopic (exact) mass is 528 g/mol. The van der Waals surface area contributed by atoms with Crippen molar-refractivity contribution < 1.29 is 44.6 Å². The summed E-state index contributed by atoms with van der Waals surface area (Å²) in [6.07, 6.45) is -0.215. The Kier molecular flexibility index (Phi) is 7.47. The highest BCUT2D eigenvalue weighted by atomic mass is 19.3. The zero-order chi connectivity index (χ0) is 26.9. The molecule has 0 spiro atoms. The van der Waals surface area contributed by atoms with Gasteiger partial charge in [-0.3, -0.25) is 0 Å². The molecule has 10 heteroatoms. The third kappa shape index (κ3) is 5.57. The summed E-state index contributed by atoms with van der Waals surface area (Å²) in [4.78, 5) is 0. The zero-order valence-electron chi connectivity index (χ0n) is 19.4. The molecule has 1 heterocycles. The first-order chi connectivity index (χ1) is 17.5. The van der Waals surface area contributed by atoms with Crippen molar-refractivity contribution in [1.82, 2.24) is 0 Å². The van der Waals surface area contributed by atoms with Crippen LogP contribution in [0.1, 0.15) is 49.8 Å². The summed E-state index contributed by atoms with van der Waals surface area (Å²) in [5, 5.41) is 0. The first-order valence-corrected chi connectivity index (χ1v) is 11.3. The molecule has 0 saturated heterocycles. The average Bonchev–Trinajstić information content (AvgIpc) is 2.82. The third-order valence-corrected chi connectivity index (χ3v) is 5.91. The van der Waals surface area contributed by atoms with Gasteiger partial charge in [-0.1, -0.05) is 25.5 Å². The van der Waals surface area contributed by atoms with Crippen molar-refractivity contribution in [3.8, 4) is 16.9 Å². The minimum absolute atomic E-state index is 0.101. The molecule has 0 aliphatic carbocycles. The third-order valence-electron chi connectivity index (χ3n) is 5.91. The number of benzene rings is 3. The Morgan fingerprint density at radius 3 is 2.05 bits per heavy atom. The van der Waals surface area contributed by atoms with E-state index in [1.807, 2.05) is 6.92 Å². The number of ether oxygens (including phenoxy) is 2. The molecule has 196 valence electrons. The summed E-state index contributed by atoms with van der Waals surface area (Å²) in [5.41, 5.74) is -0.837. The summed E-state index contributed by atoms with van der Waals surface area (Å²) in [6.45, 7) is 2.04. The van der Waals surface area contributed by atoms with Gasteiger partial charge >= 0.3 is 6.11 Å². The van der Waals surface area contributed by atoms with Crippen LogP contribution in [0.3, 0.4) is 0 Å². The Morgan fingerprint density at radius 2 is 1.51 bits per heavy atom. The molecule has 0 fully saturated rings. The molecule has 0 amide bonds. The van der Waals surface area contributed by atoms with Crippen LogP contribution in [0, 0.1) is 34.9 Å². The van der Waals surface area contributed by atoms with Crippen LogP contribution in [0.4, 0.5) is 35.1 Å². The minimum atomic E-state index is -4.74. The van der Waals surface area contributed by atoms with E-state index in [1.54, 1.807) is 6.26 Å². The van der Waals surface area contributed by atoms with E-state index >= 15 is 0 Å². The number of halogens is 8. The Bertz CT molecular complexity index is 1310. The lowest BCUT2D eigenvalue weighted by Crippen LogP contribution is -2.25. The SMILES string of the molecule is CCCC1=COC(c2ccc(-c3cc(F)c(C(F)(F)Oc4cc(F)c(F)c(F)c4)c(F)c3)c(F)c2)CC1. The maximum atomic E-state index is 14.9. The van der Waals surface area contributed by atoms with Gasteiger partial charge in [0.2, 0.25) is 0 Å². The van der Waals surface area contributed by atoms with Gasteiger partial charge in [0.1, 0.15) is 34.9 Å². The Balaban J connectivity index is 1.59. The molecule has 1 atom stereocenters. The summed E-state index contributed by atoms with van der Waals surface area (Å²) in [5.74, 6) is -11.2. The van der Waals surface area contributed by atoms with Crippen molar-refractivity contribution in [1.29, 1.82) is 0 Å². The minimum Gasteiger partial charge on any atom is -0.493 e. The van der Waals surface area contributed by atoms with Crippen LogP contribution in [0.25, 0.3) is 11.1 Å². The zero-order valence-corrected chi connectivity index (χ0v) is 19.4. The predicted octanol–water partition coefficient (Wildman–Crippen LogP) is 8.85. The van der Waals surface area contributed by atoms with E-state index in [-0.39, 0.29) is 23.3 Å². The fourth-order valence-corrected chi connectivity index (χ4v) is 4.13. The van der Waals surface area contributed by atoms with E-state index in [2.05, 4.69) is 4.74 Å². The van der Waals surface area contributed by atoms with E-state index in [0.717, 1.165) is 30.9 Å². The number of hydrogen-bond acceptors (Lipinski definition) is 2. The van der Waals surface area contributed by atoms with Gasteiger partial charge in [0, 0.05) is 17.7 Å². The molecule has 0 bridgehead atoms. The van der Waals surface area contributed by atoms with Crippen molar-refractivity contribution in [3.63, 3.8) is 0 Å². The maximum Gasteiger partial charge on any atom is 0.432 e. The summed E-state index contributed by atoms with van der Waals surface area (Å²) in [7, 11) is 0. The molecule has 4 rings (SSSR count). The van der Waals surface area contributed by atoms with Crippen LogP contribution in [-0.2, 0) is 10.8 Å². The Labute approximate surface area is 207 Å². The van der Waals surface area contributed by atoms with Crippen molar-refractivity contribution in [2.45, 2.75) is 44.8 Å². The summed E-state index contributed by atoms with van der Waals surface area (Å²) in [6, 6.07) is 5.09. The highest BCUT2D eigenvalue weighted by Crippen LogP contribution is 2.39. The first kappa shape index (κ1) is 26.5. The van der Waals surface area contributed by atoms with Crippen LogP contribution in [-0.4, -0.2) is 0 Å². The molecule has 0 saturated carbocycles. The highest BCUT2D eigenvalue weighted by Gasteiger charge is 2.41. The maximum absolute atomic E-state index is 14.9. The number of allylic oxidation sites excluding steroid dienone is 1. The summed E-state index contributed by atoms with van der Waals surface area (Å²) < 4.78 is 123. The second kappa shape index (κ2) is 10.4. The van der Waals surface area contributed by atoms with Gasteiger partial charge in [0.25, 0.3) is 0 Å². The topological polar surface area (TPSA) is 18.5 Å². The standard InChI is InChI=1S/C27H20F8O2/c1-2-3-14-4-7-24(36-13-14)15-5-6-18(19(28)8-15)16-9-20(29)25(21(30)10-16)27(34,35)37-17-11-22(31)26(33)23(32)12-17/h5-6,8-13,24H,2-4,7H2,1H3. The molecule has 1 aliphatic heterocycles. The lowest BCUT2D eigenvalue weighted by molar-refractivity contribution is -0.189.